The minimum absolute atomic E-state index is 0.334. The molecule has 1 heterocycles. The molecule has 0 amide bonds. The molecule has 2 heteroatoms. The highest BCUT2D eigenvalue weighted by molar-refractivity contribution is 5.33. The molecule has 1 aromatic carbocycles. The number of benzene rings is 1. The number of aryl methyl sites for hydroxylation is 2. The van der Waals surface area contributed by atoms with Crippen molar-refractivity contribution in [2.45, 2.75) is 51.7 Å². The monoisotopic (exact) mass is 218 g/mol. The zero-order valence-electron chi connectivity index (χ0n) is 10.5. The van der Waals surface area contributed by atoms with Gasteiger partial charge in [-0.15, -0.1) is 0 Å². The molecule has 1 aliphatic heterocycles. The van der Waals surface area contributed by atoms with Crippen molar-refractivity contribution in [2.24, 2.45) is 5.73 Å². The lowest BCUT2D eigenvalue weighted by atomic mass is 9.88. The summed E-state index contributed by atoms with van der Waals surface area (Å²) in [5, 5.41) is 3.65. The van der Waals surface area contributed by atoms with E-state index in [2.05, 4.69) is 44.3 Å². The van der Waals surface area contributed by atoms with Crippen molar-refractivity contribution in [3.05, 3.63) is 34.9 Å². The Hall–Kier alpha value is -0.860. The smallest absolute Gasteiger partial charge is 0.0339 e. The lowest BCUT2D eigenvalue weighted by Gasteiger charge is -2.34. The van der Waals surface area contributed by atoms with Gasteiger partial charge in [-0.2, -0.15) is 0 Å². The second kappa shape index (κ2) is 4.56. The van der Waals surface area contributed by atoms with Crippen LogP contribution in [0, 0.1) is 13.8 Å². The third-order valence-electron chi connectivity index (χ3n) is 3.49. The summed E-state index contributed by atoms with van der Waals surface area (Å²) in [4.78, 5) is 0. The van der Waals surface area contributed by atoms with Gasteiger partial charge in [0.2, 0.25) is 0 Å². The lowest BCUT2D eigenvalue weighted by Crippen LogP contribution is -2.44. The van der Waals surface area contributed by atoms with Gasteiger partial charge in [-0.1, -0.05) is 23.8 Å². The van der Waals surface area contributed by atoms with E-state index in [1.54, 1.807) is 0 Å². The summed E-state index contributed by atoms with van der Waals surface area (Å²) in [7, 11) is 0. The Morgan fingerprint density at radius 2 is 2.00 bits per heavy atom. The van der Waals surface area contributed by atoms with E-state index in [-0.39, 0.29) is 0 Å². The Morgan fingerprint density at radius 3 is 2.69 bits per heavy atom. The number of hydrogen-bond acceptors (Lipinski definition) is 2. The number of hydrogen-bond donors (Lipinski definition) is 2. The van der Waals surface area contributed by atoms with E-state index in [9.17, 15) is 0 Å². The second-order valence-corrected chi connectivity index (χ2v) is 5.21. The summed E-state index contributed by atoms with van der Waals surface area (Å²) in [5.41, 5.74) is 10.2. The van der Waals surface area contributed by atoms with Gasteiger partial charge in [-0.3, -0.25) is 0 Å². The summed E-state index contributed by atoms with van der Waals surface area (Å²) in [6.07, 6.45) is 2.13. The molecule has 0 spiro atoms. The SMILES string of the molecule is Cc1ccc(C)c([C@@H]2C[C@@H](N)C[C@H](C)N2)c1. The van der Waals surface area contributed by atoms with E-state index in [1.165, 1.54) is 16.7 Å². The van der Waals surface area contributed by atoms with Crippen molar-refractivity contribution in [3.8, 4) is 0 Å². The molecule has 1 fully saturated rings. The average molecular weight is 218 g/mol. The van der Waals surface area contributed by atoms with Gasteiger partial charge in [-0.25, -0.2) is 0 Å². The van der Waals surface area contributed by atoms with Crippen LogP contribution in [0.1, 0.15) is 42.5 Å². The largest absolute Gasteiger partial charge is 0.328 e. The molecule has 1 aliphatic rings. The Bertz CT molecular complexity index is 363. The van der Waals surface area contributed by atoms with Crippen molar-refractivity contribution in [2.75, 3.05) is 0 Å². The second-order valence-electron chi connectivity index (χ2n) is 5.21. The standard InChI is InChI=1S/C14H22N2/c1-9-4-5-10(2)13(6-9)14-8-12(15)7-11(3)16-14/h4-6,11-12,14,16H,7-8,15H2,1-3H3/t11-,12-,14-/m0/s1. The highest BCUT2D eigenvalue weighted by Crippen LogP contribution is 2.27. The topological polar surface area (TPSA) is 38.0 Å². The maximum absolute atomic E-state index is 6.10. The van der Waals surface area contributed by atoms with Gasteiger partial charge in [0.15, 0.2) is 0 Å². The fourth-order valence-corrected chi connectivity index (χ4v) is 2.68. The molecule has 0 aliphatic carbocycles. The summed E-state index contributed by atoms with van der Waals surface area (Å²) in [6.45, 7) is 6.55. The quantitative estimate of drug-likeness (QED) is 0.760. The van der Waals surface area contributed by atoms with Crippen LogP contribution < -0.4 is 11.1 Å². The summed E-state index contributed by atoms with van der Waals surface area (Å²) in [5.74, 6) is 0. The number of nitrogens with one attached hydrogen (secondary N) is 1. The summed E-state index contributed by atoms with van der Waals surface area (Å²) >= 11 is 0. The number of rotatable bonds is 1. The fourth-order valence-electron chi connectivity index (χ4n) is 2.68. The van der Waals surface area contributed by atoms with Gasteiger partial charge >= 0.3 is 0 Å². The molecule has 0 radical (unpaired) electrons. The Morgan fingerprint density at radius 1 is 1.25 bits per heavy atom. The maximum Gasteiger partial charge on any atom is 0.0339 e. The normalized spacial score (nSPS) is 30.4. The van der Waals surface area contributed by atoms with Crippen LogP contribution in [-0.4, -0.2) is 12.1 Å². The van der Waals surface area contributed by atoms with Crippen LogP contribution in [0.3, 0.4) is 0 Å². The zero-order valence-corrected chi connectivity index (χ0v) is 10.5. The third-order valence-corrected chi connectivity index (χ3v) is 3.49. The Labute approximate surface area is 98.2 Å². The lowest BCUT2D eigenvalue weighted by molar-refractivity contribution is 0.306. The highest BCUT2D eigenvalue weighted by Gasteiger charge is 2.25. The summed E-state index contributed by atoms with van der Waals surface area (Å²) < 4.78 is 0. The van der Waals surface area contributed by atoms with Crippen molar-refractivity contribution in [3.63, 3.8) is 0 Å². The predicted molar refractivity (Wildman–Crippen MR) is 68.5 cm³/mol. The molecule has 0 unspecified atom stereocenters. The molecule has 2 rings (SSSR count). The van der Waals surface area contributed by atoms with E-state index in [4.69, 9.17) is 5.73 Å². The van der Waals surface area contributed by atoms with Gasteiger partial charge in [0, 0.05) is 18.1 Å². The predicted octanol–water partition coefficient (Wildman–Crippen LogP) is 2.44. The fraction of sp³-hybridized carbons (Fsp3) is 0.571. The van der Waals surface area contributed by atoms with Crippen molar-refractivity contribution >= 4 is 0 Å². The highest BCUT2D eigenvalue weighted by atomic mass is 15.0. The Balaban J connectivity index is 2.25. The van der Waals surface area contributed by atoms with Gasteiger partial charge in [0.05, 0.1) is 0 Å². The van der Waals surface area contributed by atoms with Crippen LogP contribution in [0.4, 0.5) is 0 Å². The van der Waals surface area contributed by atoms with Crippen LogP contribution in [0.5, 0.6) is 0 Å². The first kappa shape index (κ1) is 11.6. The molecule has 16 heavy (non-hydrogen) atoms. The molecule has 0 aromatic heterocycles. The van der Waals surface area contributed by atoms with E-state index >= 15 is 0 Å². The van der Waals surface area contributed by atoms with E-state index in [0.29, 0.717) is 18.1 Å². The van der Waals surface area contributed by atoms with Gasteiger partial charge in [0.25, 0.3) is 0 Å². The first-order valence-corrected chi connectivity index (χ1v) is 6.15. The van der Waals surface area contributed by atoms with E-state index in [1.807, 2.05) is 0 Å². The molecule has 0 bridgehead atoms. The third kappa shape index (κ3) is 2.45. The van der Waals surface area contributed by atoms with Crippen molar-refractivity contribution in [1.29, 1.82) is 0 Å². The molecule has 1 aromatic rings. The van der Waals surface area contributed by atoms with Crippen LogP contribution >= 0.6 is 0 Å². The molecular weight excluding hydrogens is 196 g/mol. The van der Waals surface area contributed by atoms with Gasteiger partial charge in [-0.05, 0) is 44.7 Å². The van der Waals surface area contributed by atoms with Gasteiger partial charge in [0.1, 0.15) is 0 Å². The first-order chi connectivity index (χ1) is 7.56. The number of piperidine rings is 1. The first-order valence-electron chi connectivity index (χ1n) is 6.15. The molecule has 0 saturated carbocycles. The zero-order chi connectivity index (χ0) is 11.7. The average Bonchev–Trinajstić information content (AvgIpc) is 2.20. The minimum atomic E-state index is 0.334. The summed E-state index contributed by atoms with van der Waals surface area (Å²) in [6, 6.07) is 7.95. The van der Waals surface area contributed by atoms with Gasteiger partial charge < -0.3 is 11.1 Å². The molecular formula is C14H22N2. The van der Waals surface area contributed by atoms with Crippen LogP contribution in [-0.2, 0) is 0 Å². The van der Waals surface area contributed by atoms with Crippen molar-refractivity contribution < 1.29 is 0 Å². The molecule has 88 valence electrons. The number of nitrogens with two attached hydrogens (primary N) is 1. The maximum atomic E-state index is 6.10. The van der Waals surface area contributed by atoms with E-state index in [0.717, 1.165) is 12.8 Å². The molecule has 2 nitrogen and oxygen atoms in total. The van der Waals surface area contributed by atoms with Crippen molar-refractivity contribution in [1.82, 2.24) is 5.32 Å². The van der Waals surface area contributed by atoms with Crippen LogP contribution in [0.15, 0.2) is 18.2 Å². The van der Waals surface area contributed by atoms with Crippen LogP contribution in [0.25, 0.3) is 0 Å². The van der Waals surface area contributed by atoms with Crippen LogP contribution in [0.2, 0.25) is 0 Å². The molecule has 3 atom stereocenters. The molecule has 1 saturated heterocycles. The van der Waals surface area contributed by atoms with E-state index < -0.39 is 0 Å². The molecule has 3 N–H and O–H groups in total. The Kier molecular flexibility index (Phi) is 3.31. The minimum Gasteiger partial charge on any atom is -0.328 e.